The molecule has 1 aliphatic rings. The second-order valence-electron chi connectivity index (χ2n) is 8.96. The van der Waals surface area contributed by atoms with Crippen LogP contribution in [0, 0.1) is 13.8 Å². The van der Waals surface area contributed by atoms with Crippen LogP contribution >= 0.6 is 34.5 Å². The molecule has 1 saturated heterocycles. The Hall–Kier alpha value is -2.42. The number of nitrogens with zero attached hydrogens (tertiary/aromatic N) is 2. The Balaban J connectivity index is 1.40. The first-order valence-corrected chi connectivity index (χ1v) is 13.3. The predicted molar refractivity (Wildman–Crippen MR) is 147 cm³/mol. The van der Waals surface area contributed by atoms with Crippen LogP contribution in [0.5, 0.6) is 0 Å². The summed E-state index contributed by atoms with van der Waals surface area (Å²) < 4.78 is 5.06. The van der Waals surface area contributed by atoms with Crippen LogP contribution in [0.25, 0.3) is 11.1 Å². The van der Waals surface area contributed by atoms with Crippen molar-refractivity contribution in [2.45, 2.75) is 20.4 Å². The van der Waals surface area contributed by atoms with E-state index in [1.165, 1.54) is 18.4 Å². The van der Waals surface area contributed by atoms with Crippen molar-refractivity contribution in [1.29, 1.82) is 0 Å². The van der Waals surface area contributed by atoms with Crippen LogP contribution in [-0.4, -0.2) is 61.5 Å². The largest absolute Gasteiger partial charge is 0.465 e. The van der Waals surface area contributed by atoms with Gasteiger partial charge in [-0.25, -0.2) is 4.79 Å². The molecule has 1 amide bonds. The number of carbonyl (C=O) groups excluding carboxylic acids is 2. The van der Waals surface area contributed by atoms with E-state index in [0.29, 0.717) is 27.2 Å². The van der Waals surface area contributed by atoms with Gasteiger partial charge in [0.25, 0.3) is 0 Å². The van der Waals surface area contributed by atoms with Crippen molar-refractivity contribution >= 4 is 51.4 Å². The molecule has 190 valence electrons. The molecule has 0 saturated carbocycles. The monoisotopic (exact) mass is 545 g/mol. The molecule has 0 aliphatic carbocycles. The van der Waals surface area contributed by atoms with Gasteiger partial charge in [-0.1, -0.05) is 53.0 Å². The molecule has 0 spiro atoms. The average molecular weight is 547 g/mol. The van der Waals surface area contributed by atoms with Gasteiger partial charge in [0.05, 0.1) is 13.7 Å². The number of halogens is 2. The molecule has 0 radical (unpaired) electrons. The number of amides is 1. The van der Waals surface area contributed by atoms with E-state index in [1.54, 1.807) is 0 Å². The summed E-state index contributed by atoms with van der Waals surface area (Å²) in [6.07, 6.45) is 0. The van der Waals surface area contributed by atoms with Crippen LogP contribution in [0.4, 0.5) is 5.00 Å². The van der Waals surface area contributed by atoms with Crippen molar-refractivity contribution in [1.82, 2.24) is 9.80 Å². The maximum Gasteiger partial charge on any atom is 0.341 e. The molecule has 1 aromatic heterocycles. The molecule has 1 fully saturated rings. The summed E-state index contributed by atoms with van der Waals surface area (Å²) in [4.78, 5) is 30.0. The number of anilines is 1. The predicted octanol–water partition coefficient (Wildman–Crippen LogP) is 5.88. The highest BCUT2D eigenvalue weighted by Gasteiger charge is 2.25. The molecule has 0 bridgehead atoms. The van der Waals surface area contributed by atoms with E-state index < -0.39 is 5.97 Å². The minimum Gasteiger partial charge on any atom is -0.465 e. The van der Waals surface area contributed by atoms with Gasteiger partial charge in [0, 0.05) is 59.3 Å². The normalized spacial score (nSPS) is 14.6. The lowest BCUT2D eigenvalue weighted by atomic mass is 9.97. The molecule has 9 heteroatoms. The fourth-order valence-electron chi connectivity index (χ4n) is 4.36. The standard InChI is InChI=1S/C27H29Cl2N3O3S/c1-17-7-8-18(2)19(13-17)21-16-36-26(25(21)27(34)35-3)30-24(33)15-32-11-9-31(10-12-32)14-20-22(28)5-4-6-23(20)29/h4-8,13,16H,9-12,14-15H2,1-3H3,(H,30,33). The van der Waals surface area contributed by atoms with Crippen molar-refractivity contribution in [3.05, 3.63) is 74.1 Å². The zero-order chi connectivity index (χ0) is 25.8. The summed E-state index contributed by atoms with van der Waals surface area (Å²) in [7, 11) is 1.35. The molecule has 0 atom stereocenters. The van der Waals surface area contributed by atoms with E-state index in [9.17, 15) is 9.59 Å². The Labute approximate surface area is 225 Å². The summed E-state index contributed by atoms with van der Waals surface area (Å²) in [6, 6.07) is 11.7. The smallest absolute Gasteiger partial charge is 0.341 e. The van der Waals surface area contributed by atoms with Crippen LogP contribution in [0.15, 0.2) is 41.8 Å². The molecule has 0 unspecified atom stereocenters. The third-order valence-electron chi connectivity index (χ3n) is 6.39. The number of thiophene rings is 1. The average Bonchev–Trinajstić information content (AvgIpc) is 3.26. The van der Waals surface area contributed by atoms with Gasteiger partial charge in [-0.3, -0.25) is 14.6 Å². The van der Waals surface area contributed by atoms with Crippen molar-refractivity contribution in [3.63, 3.8) is 0 Å². The van der Waals surface area contributed by atoms with Gasteiger partial charge < -0.3 is 10.1 Å². The minimum atomic E-state index is -0.464. The molecule has 1 N–H and O–H groups in total. The van der Waals surface area contributed by atoms with Gasteiger partial charge in [-0.15, -0.1) is 11.3 Å². The van der Waals surface area contributed by atoms with Crippen molar-refractivity contribution < 1.29 is 14.3 Å². The number of carbonyl (C=O) groups is 2. The van der Waals surface area contributed by atoms with Crippen LogP contribution in [0.1, 0.15) is 27.0 Å². The number of nitrogens with one attached hydrogen (secondary N) is 1. The molecule has 2 aromatic carbocycles. The van der Waals surface area contributed by atoms with Gasteiger partial charge in [0.2, 0.25) is 5.91 Å². The summed E-state index contributed by atoms with van der Waals surface area (Å²) in [5, 5.41) is 6.70. The summed E-state index contributed by atoms with van der Waals surface area (Å²) >= 11 is 14.0. The molecular formula is C27H29Cl2N3O3S. The summed E-state index contributed by atoms with van der Waals surface area (Å²) in [5.74, 6) is -0.619. The Morgan fingerprint density at radius 2 is 1.67 bits per heavy atom. The number of esters is 1. The Morgan fingerprint density at radius 3 is 2.33 bits per heavy atom. The van der Waals surface area contributed by atoms with Gasteiger partial charge in [0.15, 0.2) is 0 Å². The zero-order valence-corrected chi connectivity index (χ0v) is 22.9. The van der Waals surface area contributed by atoms with E-state index in [2.05, 4.69) is 15.1 Å². The number of benzene rings is 2. The summed E-state index contributed by atoms with van der Waals surface area (Å²) in [5.41, 5.74) is 5.21. The maximum absolute atomic E-state index is 12.9. The third-order valence-corrected chi connectivity index (χ3v) is 8.00. The van der Waals surface area contributed by atoms with Crippen LogP contribution in [0.3, 0.4) is 0 Å². The van der Waals surface area contributed by atoms with Crippen LogP contribution < -0.4 is 5.32 Å². The lowest BCUT2D eigenvalue weighted by Crippen LogP contribution is -2.48. The van der Waals surface area contributed by atoms with Crippen molar-refractivity contribution in [3.8, 4) is 11.1 Å². The number of piperazine rings is 1. The number of aryl methyl sites for hydroxylation is 2. The van der Waals surface area contributed by atoms with Crippen molar-refractivity contribution in [2.75, 3.05) is 45.2 Å². The second-order valence-corrected chi connectivity index (χ2v) is 10.7. The van der Waals surface area contributed by atoms with Gasteiger partial charge in [-0.05, 0) is 37.1 Å². The fraction of sp³-hybridized carbons (Fsp3) is 0.333. The van der Waals surface area contributed by atoms with Crippen molar-refractivity contribution in [2.24, 2.45) is 0 Å². The van der Waals surface area contributed by atoms with Crippen LogP contribution in [0.2, 0.25) is 10.0 Å². The number of hydrogen-bond acceptors (Lipinski definition) is 6. The molecule has 6 nitrogen and oxygen atoms in total. The number of methoxy groups -OCH3 is 1. The highest BCUT2D eigenvalue weighted by molar-refractivity contribution is 7.15. The topological polar surface area (TPSA) is 61.9 Å². The number of hydrogen-bond donors (Lipinski definition) is 1. The Kier molecular flexibility index (Phi) is 8.70. The molecular weight excluding hydrogens is 517 g/mol. The Bertz CT molecular complexity index is 1250. The van der Waals surface area contributed by atoms with E-state index in [1.807, 2.05) is 55.6 Å². The maximum atomic E-state index is 12.9. The molecule has 4 rings (SSSR count). The molecule has 36 heavy (non-hydrogen) atoms. The lowest BCUT2D eigenvalue weighted by Gasteiger charge is -2.34. The van der Waals surface area contributed by atoms with Gasteiger partial charge >= 0.3 is 5.97 Å². The van der Waals surface area contributed by atoms with E-state index in [0.717, 1.165) is 54.0 Å². The van der Waals surface area contributed by atoms with Gasteiger partial charge in [0.1, 0.15) is 10.6 Å². The quantitative estimate of drug-likeness (QED) is 0.375. The minimum absolute atomic E-state index is 0.155. The van der Waals surface area contributed by atoms with Crippen LogP contribution in [-0.2, 0) is 16.1 Å². The van der Waals surface area contributed by atoms with E-state index >= 15 is 0 Å². The molecule has 2 heterocycles. The third kappa shape index (κ3) is 6.10. The zero-order valence-electron chi connectivity index (χ0n) is 20.6. The summed E-state index contributed by atoms with van der Waals surface area (Å²) in [6.45, 7) is 8.05. The first kappa shape index (κ1) is 26.6. The van der Waals surface area contributed by atoms with E-state index in [-0.39, 0.29) is 12.5 Å². The highest BCUT2D eigenvalue weighted by atomic mass is 35.5. The highest BCUT2D eigenvalue weighted by Crippen LogP contribution is 2.38. The first-order valence-electron chi connectivity index (χ1n) is 11.7. The lowest BCUT2D eigenvalue weighted by molar-refractivity contribution is -0.117. The SMILES string of the molecule is COC(=O)c1c(-c2cc(C)ccc2C)csc1NC(=O)CN1CCN(Cc2c(Cl)cccc2Cl)CC1. The van der Waals surface area contributed by atoms with E-state index in [4.69, 9.17) is 27.9 Å². The number of rotatable bonds is 7. The number of ether oxygens (including phenoxy) is 1. The first-order chi connectivity index (χ1) is 17.3. The molecule has 1 aliphatic heterocycles. The molecule has 3 aromatic rings. The fourth-order valence-corrected chi connectivity index (χ4v) is 5.84. The second kappa shape index (κ2) is 11.8. The van der Waals surface area contributed by atoms with Gasteiger partial charge in [-0.2, -0.15) is 0 Å². The Morgan fingerprint density at radius 1 is 1.00 bits per heavy atom.